The van der Waals surface area contributed by atoms with Gasteiger partial charge in [0.15, 0.2) is 0 Å². The monoisotopic (exact) mass is 262 g/mol. The first-order valence-corrected chi connectivity index (χ1v) is 8.00. The third-order valence-corrected chi connectivity index (χ3v) is 3.94. The van der Waals surface area contributed by atoms with Gasteiger partial charge in [0.25, 0.3) is 0 Å². The van der Waals surface area contributed by atoms with Crippen LogP contribution in [0.25, 0.3) is 0 Å². The van der Waals surface area contributed by atoms with Crippen LogP contribution in [0, 0.1) is 0 Å². The van der Waals surface area contributed by atoms with Crippen molar-refractivity contribution in [2.45, 2.75) is 51.9 Å². The van der Waals surface area contributed by atoms with Crippen molar-refractivity contribution in [3.8, 4) is 0 Å². The number of hydrogen-bond donors (Lipinski definition) is 0. The van der Waals surface area contributed by atoms with Crippen molar-refractivity contribution in [3.63, 3.8) is 0 Å². The van der Waals surface area contributed by atoms with E-state index in [1.807, 2.05) is 0 Å². The zero-order valence-corrected chi connectivity index (χ0v) is 13.2. The maximum absolute atomic E-state index is 2.38. The Morgan fingerprint density at radius 3 is 2.11 bits per heavy atom. The summed E-state index contributed by atoms with van der Waals surface area (Å²) in [5.41, 5.74) is 1.48. The quantitative estimate of drug-likeness (QED) is 0.425. The highest BCUT2D eigenvalue weighted by atomic mass is 15.3. The Labute approximate surface area is 120 Å². The van der Waals surface area contributed by atoms with Crippen LogP contribution < -0.4 is 0 Å². The normalized spacial score (nSPS) is 11.7. The van der Waals surface area contributed by atoms with E-state index < -0.39 is 0 Å². The first kappa shape index (κ1) is 16.2. The first-order valence-electron chi connectivity index (χ1n) is 8.00. The maximum atomic E-state index is 2.38. The molecule has 19 heavy (non-hydrogen) atoms. The second-order valence-electron chi connectivity index (χ2n) is 6.39. The van der Waals surface area contributed by atoms with Gasteiger partial charge in [-0.25, -0.2) is 0 Å². The molecule has 0 radical (unpaired) electrons. The minimum absolute atomic E-state index is 1.18. The van der Waals surface area contributed by atoms with Gasteiger partial charge in [-0.15, -0.1) is 0 Å². The molecule has 0 aliphatic heterocycles. The number of quaternary nitrogens is 1. The van der Waals surface area contributed by atoms with Gasteiger partial charge in [0, 0.05) is 6.42 Å². The van der Waals surface area contributed by atoms with Gasteiger partial charge in [-0.1, -0.05) is 56.5 Å². The number of unbranched alkanes of at least 4 members (excludes halogenated alkanes) is 4. The van der Waals surface area contributed by atoms with Crippen LogP contribution in [0.2, 0.25) is 0 Å². The van der Waals surface area contributed by atoms with Crippen molar-refractivity contribution >= 4 is 0 Å². The van der Waals surface area contributed by atoms with Gasteiger partial charge >= 0.3 is 0 Å². The molecule has 0 N–H and O–H groups in total. The summed E-state index contributed by atoms with van der Waals surface area (Å²) in [5, 5.41) is 0. The molecule has 0 saturated carbocycles. The molecular formula is C18H32N+. The molecule has 0 aromatic heterocycles. The number of rotatable bonds is 10. The largest absolute Gasteiger partial charge is 0.328 e. The fraction of sp³-hybridized carbons (Fsp3) is 0.667. The van der Waals surface area contributed by atoms with E-state index in [9.17, 15) is 0 Å². The molecule has 0 saturated heterocycles. The molecule has 108 valence electrons. The Bertz CT molecular complexity index is 316. The molecule has 1 heteroatoms. The molecule has 0 amide bonds. The molecule has 0 fully saturated rings. The van der Waals surface area contributed by atoms with E-state index in [1.165, 1.54) is 68.1 Å². The van der Waals surface area contributed by atoms with E-state index in [-0.39, 0.29) is 0 Å². The highest BCUT2D eigenvalue weighted by Gasteiger charge is 2.13. The van der Waals surface area contributed by atoms with E-state index >= 15 is 0 Å². The minimum atomic E-state index is 1.18. The van der Waals surface area contributed by atoms with Crippen molar-refractivity contribution in [3.05, 3.63) is 35.9 Å². The van der Waals surface area contributed by atoms with Gasteiger partial charge in [0.1, 0.15) is 0 Å². The Balaban J connectivity index is 2.12. The smallest absolute Gasteiger partial charge is 0.0785 e. The van der Waals surface area contributed by atoms with Gasteiger partial charge < -0.3 is 4.48 Å². The van der Waals surface area contributed by atoms with Crippen molar-refractivity contribution in [2.75, 3.05) is 27.2 Å². The molecule has 0 aliphatic rings. The van der Waals surface area contributed by atoms with Gasteiger partial charge in [0.05, 0.1) is 27.2 Å². The minimum Gasteiger partial charge on any atom is -0.328 e. The zero-order chi connectivity index (χ0) is 14.0. The van der Waals surface area contributed by atoms with Crippen LogP contribution in [0.15, 0.2) is 30.3 Å². The van der Waals surface area contributed by atoms with Crippen molar-refractivity contribution in [1.29, 1.82) is 0 Å². The predicted octanol–water partition coefficient (Wildman–Crippen LogP) is 4.67. The fourth-order valence-corrected chi connectivity index (χ4v) is 2.61. The summed E-state index contributed by atoms with van der Waals surface area (Å²) in [6, 6.07) is 10.9. The molecule has 0 heterocycles. The summed E-state index contributed by atoms with van der Waals surface area (Å²) in [5.74, 6) is 0. The highest BCUT2D eigenvalue weighted by molar-refractivity contribution is 5.14. The van der Waals surface area contributed by atoms with Crippen LogP contribution in [-0.4, -0.2) is 31.7 Å². The van der Waals surface area contributed by atoms with Crippen LogP contribution >= 0.6 is 0 Å². The third kappa shape index (κ3) is 8.05. The molecule has 0 unspecified atom stereocenters. The number of benzene rings is 1. The van der Waals surface area contributed by atoms with Crippen LogP contribution in [0.1, 0.15) is 51.0 Å². The lowest BCUT2D eigenvalue weighted by Gasteiger charge is -2.30. The lowest BCUT2D eigenvalue weighted by molar-refractivity contribution is -0.890. The SMILES string of the molecule is CCCCCCC[N+](C)(C)CCCc1ccccc1. The maximum Gasteiger partial charge on any atom is 0.0785 e. The van der Waals surface area contributed by atoms with Crippen LogP contribution in [0.5, 0.6) is 0 Å². The van der Waals surface area contributed by atoms with E-state index in [0.29, 0.717) is 0 Å². The van der Waals surface area contributed by atoms with Gasteiger partial charge in [-0.05, 0) is 24.8 Å². The summed E-state index contributed by atoms with van der Waals surface area (Å²) in [7, 11) is 4.76. The van der Waals surface area contributed by atoms with E-state index in [0.717, 1.165) is 0 Å². The van der Waals surface area contributed by atoms with Gasteiger partial charge in [-0.2, -0.15) is 0 Å². The lowest BCUT2D eigenvalue weighted by Crippen LogP contribution is -2.41. The standard InChI is InChI=1S/C18H32N/c1-4-5-6-7-11-16-19(2,3)17-12-15-18-13-9-8-10-14-18/h8-10,13-14H,4-7,11-12,15-17H2,1-3H3/q+1. The Hall–Kier alpha value is -0.820. The average Bonchev–Trinajstić information content (AvgIpc) is 2.39. The Morgan fingerprint density at radius 1 is 0.789 bits per heavy atom. The Kier molecular flexibility index (Phi) is 7.81. The van der Waals surface area contributed by atoms with E-state index in [4.69, 9.17) is 0 Å². The summed E-state index contributed by atoms with van der Waals surface area (Å²) < 4.78 is 1.18. The second-order valence-corrected chi connectivity index (χ2v) is 6.39. The molecular weight excluding hydrogens is 230 g/mol. The van der Waals surface area contributed by atoms with E-state index in [1.54, 1.807) is 0 Å². The van der Waals surface area contributed by atoms with Crippen LogP contribution in [-0.2, 0) is 6.42 Å². The molecule has 0 bridgehead atoms. The molecule has 1 aromatic rings. The molecule has 1 nitrogen and oxygen atoms in total. The zero-order valence-electron chi connectivity index (χ0n) is 13.2. The van der Waals surface area contributed by atoms with Crippen LogP contribution in [0.4, 0.5) is 0 Å². The fourth-order valence-electron chi connectivity index (χ4n) is 2.61. The predicted molar refractivity (Wildman–Crippen MR) is 85.4 cm³/mol. The van der Waals surface area contributed by atoms with Crippen molar-refractivity contribution in [2.24, 2.45) is 0 Å². The third-order valence-electron chi connectivity index (χ3n) is 3.94. The Morgan fingerprint density at radius 2 is 1.42 bits per heavy atom. The summed E-state index contributed by atoms with van der Waals surface area (Å²) in [4.78, 5) is 0. The molecule has 1 aromatic carbocycles. The molecule has 0 atom stereocenters. The number of aryl methyl sites for hydroxylation is 1. The van der Waals surface area contributed by atoms with Crippen LogP contribution in [0.3, 0.4) is 0 Å². The summed E-state index contributed by atoms with van der Waals surface area (Å²) in [6.45, 7) is 4.91. The average molecular weight is 262 g/mol. The van der Waals surface area contributed by atoms with Crippen molar-refractivity contribution in [1.82, 2.24) is 0 Å². The van der Waals surface area contributed by atoms with Gasteiger partial charge in [0.2, 0.25) is 0 Å². The van der Waals surface area contributed by atoms with Crippen molar-refractivity contribution < 1.29 is 4.48 Å². The molecule has 1 rings (SSSR count). The lowest BCUT2D eigenvalue weighted by atomic mass is 10.1. The number of nitrogens with zero attached hydrogens (tertiary/aromatic N) is 1. The highest BCUT2D eigenvalue weighted by Crippen LogP contribution is 2.09. The topological polar surface area (TPSA) is 0 Å². The first-order chi connectivity index (χ1) is 9.14. The summed E-state index contributed by atoms with van der Waals surface area (Å²) in [6.07, 6.45) is 9.48. The summed E-state index contributed by atoms with van der Waals surface area (Å²) >= 11 is 0. The van der Waals surface area contributed by atoms with Gasteiger partial charge in [-0.3, -0.25) is 0 Å². The molecule has 0 aliphatic carbocycles. The molecule has 0 spiro atoms. The van der Waals surface area contributed by atoms with E-state index in [2.05, 4.69) is 51.4 Å². The number of hydrogen-bond acceptors (Lipinski definition) is 0. The second kappa shape index (κ2) is 9.14.